The van der Waals surface area contributed by atoms with Gasteiger partial charge >= 0.3 is 21.7 Å². The molecule has 518 valence electrons. The van der Waals surface area contributed by atoms with Crippen molar-refractivity contribution in [3.63, 3.8) is 0 Å². The molecule has 0 spiro atoms. The van der Waals surface area contributed by atoms with Crippen molar-refractivity contribution in [1.29, 1.82) is 0 Å². The van der Waals surface area contributed by atoms with Crippen molar-refractivity contribution in [3.05, 3.63) is 403 Å². The number of hydrogen-bond donors (Lipinski definition) is 0. The van der Waals surface area contributed by atoms with Crippen LogP contribution in [0.25, 0.3) is 134 Å². The molecule has 0 heterocycles. The van der Waals surface area contributed by atoms with Gasteiger partial charge in [0.25, 0.3) is 0 Å². The summed E-state index contributed by atoms with van der Waals surface area (Å²) in [7, 11) is -4.77. The Morgan fingerprint density at radius 3 is 0.514 bits per heavy atom. The summed E-state index contributed by atoms with van der Waals surface area (Å²) >= 11 is 0. The summed E-state index contributed by atoms with van der Waals surface area (Å²) in [5.41, 5.74) is 35.5. The molecular weight excluding hydrogens is 1410 g/mol. The van der Waals surface area contributed by atoms with Gasteiger partial charge in [-0.25, -0.2) is 5.57 Å². The van der Waals surface area contributed by atoms with Crippen molar-refractivity contribution in [3.8, 4) is 134 Å². The molecule has 0 radical (unpaired) electrons. The third kappa shape index (κ3) is 13.2. The Bertz CT molecular complexity index is 5140. The Kier molecular flexibility index (Phi) is 23.3. The van der Waals surface area contributed by atoms with E-state index in [1.165, 1.54) is 110 Å². The second-order valence-electron chi connectivity index (χ2n) is 27.8. The van der Waals surface area contributed by atoms with Crippen molar-refractivity contribution >= 4 is 23.6 Å². The largest absolute Gasteiger partial charge is 4.00 e. The van der Waals surface area contributed by atoms with Gasteiger partial charge in [-0.15, -0.1) is 6.92 Å². The second-order valence-corrected chi connectivity index (χ2v) is 31.8. The topological polar surface area (TPSA) is 0 Å². The van der Waals surface area contributed by atoms with Crippen LogP contribution in [0.3, 0.4) is 0 Å². The molecule has 0 aliphatic heterocycles. The fourth-order valence-corrected chi connectivity index (χ4v) is 25.1. The molecule has 1 aliphatic carbocycles. The Morgan fingerprint density at radius 1 is 0.206 bits per heavy atom. The molecule has 0 amide bonds. The minimum absolute atomic E-state index is 0. The van der Waals surface area contributed by atoms with Crippen LogP contribution in [0.4, 0.5) is 0 Å². The van der Waals surface area contributed by atoms with Gasteiger partial charge in [0.05, 0.1) is 0 Å². The average molecular weight is 1490 g/mol. The molecule has 15 aromatic carbocycles. The molecule has 1 aliphatic rings. The van der Waals surface area contributed by atoms with E-state index < -0.39 is 13.1 Å². The van der Waals surface area contributed by atoms with Gasteiger partial charge in [-0.2, -0.15) is 11.1 Å². The fourth-order valence-electron chi connectivity index (χ4n) is 17.6. The molecule has 107 heavy (non-hydrogen) atoms. The van der Waals surface area contributed by atoms with E-state index in [1.807, 2.05) is 0 Å². The quantitative estimate of drug-likeness (QED) is 0.0514. The van der Waals surface area contributed by atoms with Gasteiger partial charge in [-0.1, -0.05) is 390 Å². The zero-order chi connectivity index (χ0) is 70.2. The summed E-state index contributed by atoms with van der Waals surface area (Å²) in [4.78, 5) is 0. The van der Waals surface area contributed by atoms with E-state index in [0.29, 0.717) is 0 Å². The van der Waals surface area contributed by atoms with Gasteiger partial charge < -0.3 is 37.2 Å². The molecule has 1 atom stereocenters. The first-order valence-corrected chi connectivity index (χ1v) is 38.2. The van der Waals surface area contributed by atoms with Gasteiger partial charge in [0.1, 0.15) is 8.07 Å². The predicted molar refractivity (Wildman–Crippen MR) is 443 cm³/mol. The van der Waals surface area contributed by atoms with E-state index in [9.17, 15) is 0 Å². The molecule has 0 fully saturated rings. The maximum Gasteiger partial charge on any atom is 4.00 e. The summed E-state index contributed by atoms with van der Waals surface area (Å²) < 4.78 is 0. The first-order valence-electron chi connectivity index (χ1n) is 36.2. The first-order chi connectivity index (χ1) is 50.6. The van der Waals surface area contributed by atoms with Crippen LogP contribution in [0.15, 0.2) is 381 Å². The van der Waals surface area contributed by atoms with Crippen LogP contribution in [0.2, 0.25) is 5.04 Å². The van der Waals surface area contributed by atoms with E-state index in [-0.39, 0.29) is 58.9 Å². The molecule has 15 aromatic rings. The van der Waals surface area contributed by atoms with Crippen LogP contribution in [-0.2, 0) is 21.7 Å². The van der Waals surface area contributed by atoms with E-state index in [0.717, 1.165) is 72.3 Å². The molecule has 0 bridgehead atoms. The summed E-state index contributed by atoms with van der Waals surface area (Å²) in [6.45, 7) is 17.3. The van der Waals surface area contributed by atoms with E-state index >= 15 is 0 Å². The van der Waals surface area contributed by atoms with Crippen molar-refractivity contribution in [2.75, 3.05) is 0 Å². The molecule has 0 nitrogen and oxygen atoms in total. The van der Waals surface area contributed by atoms with Crippen molar-refractivity contribution in [1.82, 2.24) is 0 Å². The van der Waals surface area contributed by atoms with E-state index in [1.54, 1.807) is 0 Å². The molecule has 1 unspecified atom stereocenters. The summed E-state index contributed by atoms with van der Waals surface area (Å²) in [5.74, 6) is 0. The molecular formula is C102H81Cl3SiTi. The standard InChI is InChI=1S/C102H81Si.3ClH.Ti/c1-69-68-102(7,74(6)70(69)2)103(99-90(78-50-26-11-27-51-78)71(3)87(75-44-20-8-21-45-75)93(81-56-32-14-33-57-81)96(99)84-62-38-17-39-63-84,100-91(79-52-28-12-29-53-79)72(4)88(76-46-22-9-23-47-76)94(82-58-34-15-35-59-82)97(100)85-64-40-18-41-65-85)101-92(80-54-30-13-31-55-80)73(5)89(77-48-24-10-25-49-77)95(83-60-36-16-37-61-83)98(101)86-66-42-19-43-67-86;;;;/h8-67H,1-7H3;3*1H;/q-1;;;;+4/p-3. The number of halogens is 3. The normalized spacial score (nSPS) is 13.1. The van der Waals surface area contributed by atoms with Crippen molar-refractivity contribution < 1.29 is 58.9 Å². The molecule has 0 aromatic heterocycles. The van der Waals surface area contributed by atoms with Crippen LogP contribution in [0, 0.1) is 26.8 Å². The molecule has 16 rings (SSSR count). The Hall–Kier alpha value is -10.4. The maximum atomic E-state index is 4.82. The zero-order valence-corrected chi connectivity index (χ0v) is 66.1. The van der Waals surface area contributed by atoms with Crippen molar-refractivity contribution in [2.45, 2.75) is 53.5 Å². The minimum Gasteiger partial charge on any atom is -1.00 e. The number of benzene rings is 15. The number of hydrogen-bond acceptors (Lipinski definition) is 0. The monoisotopic (exact) mass is 1490 g/mol. The Labute approximate surface area is 667 Å². The summed E-state index contributed by atoms with van der Waals surface area (Å²) in [5, 5.41) is 2.97. The zero-order valence-electron chi connectivity index (χ0n) is 61.3. The van der Waals surface area contributed by atoms with Crippen molar-refractivity contribution in [2.24, 2.45) is 0 Å². The maximum absolute atomic E-state index is 4.82. The number of rotatable bonds is 16. The van der Waals surface area contributed by atoms with Crippen LogP contribution in [-0.4, -0.2) is 8.07 Å². The minimum atomic E-state index is -4.77. The van der Waals surface area contributed by atoms with Crippen LogP contribution >= 0.6 is 0 Å². The Morgan fingerprint density at radius 2 is 0.355 bits per heavy atom. The average Bonchev–Trinajstić information content (AvgIpc) is 1.63. The Balaban J connectivity index is 0.00000268. The summed E-state index contributed by atoms with van der Waals surface area (Å²) in [6.07, 6.45) is 4.82. The molecule has 0 saturated carbocycles. The van der Waals surface area contributed by atoms with Crippen LogP contribution in [0.5, 0.6) is 0 Å². The third-order valence-corrected chi connectivity index (χ3v) is 27.9. The van der Waals surface area contributed by atoms with E-state index in [2.05, 4.69) is 412 Å². The van der Waals surface area contributed by atoms with Gasteiger partial charge in [-0.3, -0.25) is 6.08 Å². The third-order valence-electron chi connectivity index (χ3n) is 22.2. The number of allylic oxidation sites excluding steroid dienone is 4. The molecule has 0 N–H and O–H groups in total. The van der Waals surface area contributed by atoms with Gasteiger partial charge in [0.2, 0.25) is 0 Å². The predicted octanol–water partition coefficient (Wildman–Crippen LogP) is 17.0. The fraction of sp³-hybridized carbons (Fsp3) is 0.0784. The van der Waals surface area contributed by atoms with E-state index in [4.69, 9.17) is 6.08 Å². The molecule has 5 heteroatoms. The van der Waals surface area contributed by atoms with Crippen LogP contribution in [0.1, 0.15) is 44.4 Å². The molecule has 0 saturated heterocycles. The van der Waals surface area contributed by atoms with Gasteiger partial charge in [0.15, 0.2) is 0 Å². The smallest absolute Gasteiger partial charge is 1.00 e. The first kappa shape index (κ1) is 76.2. The van der Waals surface area contributed by atoms with Gasteiger partial charge in [-0.05, 0) is 187 Å². The SMILES string of the molecule is CC1=[C-]C(C)([Si](c2c(-c3ccccc3)c(C)c(-c3ccccc3)c(-c3ccccc3)c2-c2ccccc2)(c2c(-c3ccccc3)c(C)c(-c3ccccc3)c(-c3ccccc3)c2-c2ccccc2)c2c(-c3ccccc3)c(C)c(-c3ccccc3)c(-c3ccccc3)c2-c2ccccc2)C(C)=C1C.[Cl-].[Cl-].[Cl-].[Ti+4]. The second kappa shape index (κ2) is 32.7. The summed E-state index contributed by atoms with van der Waals surface area (Å²) in [6, 6.07) is 138. The van der Waals surface area contributed by atoms with Crippen LogP contribution < -0.4 is 52.8 Å². The van der Waals surface area contributed by atoms with Gasteiger partial charge in [0, 0.05) is 0 Å².